The lowest BCUT2D eigenvalue weighted by Gasteiger charge is -2.45. The zero-order valence-corrected chi connectivity index (χ0v) is 17.4. The Morgan fingerprint density at radius 2 is 1.81 bits per heavy atom. The molecule has 0 saturated carbocycles. The second-order valence-electron chi connectivity index (χ2n) is 8.03. The number of nitrogens with zero attached hydrogens (tertiary/aromatic N) is 1. The zero-order chi connectivity index (χ0) is 21.4. The summed E-state index contributed by atoms with van der Waals surface area (Å²) < 4.78 is 5.29. The van der Waals surface area contributed by atoms with E-state index < -0.39 is 5.92 Å². The van der Waals surface area contributed by atoms with Crippen LogP contribution in [0.1, 0.15) is 44.6 Å². The van der Waals surface area contributed by atoms with Gasteiger partial charge in [-0.3, -0.25) is 9.59 Å². The summed E-state index contributed by atoms with van der Waals surface area (Å²) in [6.07, 6.45) is 0.804. The molecule has 2 aliphatic heterocycles. The average molecular weight is 412 g/mol. The molecule has 2 heterocycles. The minimum atomic E-state index is -0.457. The van der Waals surface area contributed by atoms with Gasteiger partial charge in [0.1, 0.15) is 5.75 Å². The van der Waals surface area contributed by atoms with Gasteiger partial charge in [-0.15, -0.1) is 0 Å². The Kier molecular flexibility index (Phi) is 4.94. The second kappa shape index (κ2) is 7.91. The minimum Gasteiger partial charge on any atom is -0.497 e. The first kappa shape index (κ1) is 19.4. The molecule has 156 valence electrons. The lowest BCUT2D eigenvalue weighted by atomic mass is 9.76. The first-order chi connectivity index (χ1) is 15.2. The third-order valence-corrected chi connectivity index (χ3v) is 6.32. The van der Waals surface area contributed by atoms with Gasteiger partial charge < -0.3 is 15.0 Å². The molecule has 5 heteroatoms. The van der Waals surface area contributed by atoms with Crippen LogP contribution in [0.2, 0.25) is 0 Å². The molecule has 3 aromatic carbocycles. The van der Waals surface area contributed by atoms with E-state index in [0.717, 1.165) is 28.9 Å². The fourth-order valence-corrected chi connectivity index (χ4v) is 4.84. The van der Waals surface area contributed by atoms with E-state index in [-0.39, 0.29) is 17.9 Å². The van der Waals surface area contributed by atoms with Crippen LogP contribution in [0.5, 0.6) is 5.75 Å². The van der Waals surface area contributed by atoms with Gasteiger partial charge in [-0.2, -0.15) is 0 Å². The topological polar surface area (TPSA) is 58.6 Å². The van der Waals surface area contributed by atoms with E-state index in [4.69, 9.17) is 4.74 Å². The highest BCUT2D eigenvalue weighted by atomic mass is 16.5. The van der Waals surface area contributed by atoms with Crippen molar-refractivity contribution in [3.05, 3.63) is 101 Å². The SMILES string of the molecule is COc1cccc(CNC(=O)C2c3ccccc3C(=O)N3CCc4ccccc4C23)c1. The number of methoxy groups -OCH3 is 1. The first-order valence-corrected chi connectivity index (χ1v) is 10.6. The van der Waals surface area contributed by atoms with Gasteiger partial charge in [0.2, 0.25) is 5.91 Å². The van der Waals surface area contributed by atoms with Crippen molar-refractivity contribution in [3.63, 3.8) is 0 Å². The number of benzene rings is 3. The number of fused-ring (bicyclic) bond motifs is 4. The summed E-state index contributed by atoms with van der Waals surface area (Å²) in [5.41, 5.74) is 4.67. The highest BCUT2D eigenvalue weighted by Gasteiger charge is 2.45. The number of carbonyl (C=O) groups excluding carboxylic acids is 2. The Morgan fingerprint density at radius 1 is 1.03 bits per heavy atom. The summed E-state index contributed by atoms with van der Waals surface area (Å²) in [4.78, 5) is 28.7. The maximum atomic E-state index is 13.6. The Morgan fingerprint density at radius 3 is 2.65 bits per heavy atom. The number of rotatable bonds is 4. The number of carbonyl (C=O) groups is 2. The van der Waals surface area contributed by atoms with E-state index in [0.29, 0.717) is 18.7 Å². The van der Waals surface area contributed by atoms with Gasteiger partial charge in [0.15, 0.2) is 0 Å². The first-order valence-electron chi connectivity index (χ1n) is 10.6. The lowest BCUT2D eigenvalue weighted by Crippen LogP contribution is -2.50. The number of nitrogens with one attached hydrogen (secondary N) is 1. The molecule has 0 aliphatic carbocycles. The van der Waals surface area contributed by atoms with Gasteiger partial charge in [0, 0.05) is 18.7 Å². The predicted octanol–water partition coefficient (Wildman–Crippen LogP) is 3.85. The molecule has 0 radical (unpaired) electrons. The van der Waals surface area contributed by atoms with Gasteiger partial charge in [-0.1, -0.05) is 54.6 Å². The lowest BCUT2D eigenvalue weighted by molar-refractivity contribution is -0.124. The van der Waals surface area contributed by atoms with E-state index >= 15 is 0 Å². The van der Waals surface area contributed by atoms with Crippen LogP contribution in [0.4, 0.5) is 0 Å². The summed E-state index contributed by atoms with van der Waals surface area (Å²) in [6, 6.07) is 23.0. The van der Waals surface area contributed by atoms with Crippen molar-refractivity contribution in [3.8, 4) is 5.75 Å². The monoisotopic (exact) mass is 412 g/mol. The van der Waals surface area contributed by atoms with Crippen molar-refractivity contribution in [1.29, 1.82) is 0 Å². The van der Waals surface area contributed by atoms with Gasteiger partial charge in [-0.25, -0.2) is 0 Å². The van der Waals surface area contributed by atoms with Crippen LogP contribution in [0, 0.1) is 0 Å². The normalized spacial score (nSPS) is 19.1. The Bertz CT molecular complexity index is 1160. The molecule has 31 heavy (non-hydrogen) atoms. The predicted molar refractivity (Wildman–Crippen MR) is 118 cm³/mol. The molecule has 3 aromatic rings. The molecule has 0 saturated heterocycles. The molecule has 0 spiro atoms. The Hall–Kier alpha value is -3.60. The second-order valence-corrected chi connectivity index (χ2v) is 8.03. The third-order valence-electron chi connectivity index (χ3n) is 6.32. The van der Waals surface area contributed by atoms with Crippen molar-refractivity contribution in [2.24, 2.45) is 0 Å². The van der Waals surface area contributed by atoms with Crippen LogP contribution in [0.15, 0.2) is 72.8 Å². The van der Waals surface area contributed by atoms with Crippen molar-refractivity contribution in [2.75, 3.05) is 13.7 Å². The molecule has 0 aromatic heterocycles. The van der Waals surface area contributed by atoms with Crippen molar-refractivity contribution in [2.45, 2.75) is 24.9 Å². The molecule has 1 N–H and O–H groups in total. The van der Waals surface area contributed by atoms with Crippen LogP contribution in [-0.4, -0.2) is 30.4 Å². The molecule has 5 rings (SSSR count). The zero-order valence-electron chi connectivity index (χ0n) is 17.4. The summed E-state index contributed by atoms with van der Waals surface area (Å²) >= 11 is 0. The average Bonchev–Trinajstić information content (AvgIpc) is 2.83. The molecule has 0 bridgehead atoms. The van der Waals surface area contributed by atoms with Crippen molar-refractivity contribution < 1.29 is 14.3 Å². The Balaban J connectivity index is 1.52. The summed E-state index contributed by atoms with van der Waals surface area (Å²) in [7, 11) is 1.63. The van der Waals surface area contributed by atoms with E-state index in [9.17, 15) is 9.59 Å². The van der Waals surface area contributed by atoms with Crippen LogP contribution < -0.4 is 10.1 Å². The van der Waals surface area contributed by atoms with Gasteiger partial charge in [0.25, 0.3) is 5.91 Å². The molecule has 2 atom stereocenters. The molecular weight excluding hydrogens is 388 g/mol. The van der Waals surface area contributed by atoms with Crippen LogP contribution in [-0.2, 0) is 17.8 Å². The van der Waals surface area contributed by atoms with E-state index in [1.54, 1.807) is 7.11 Å². The fraction of sp³-hybridized carbons (Fsp3) is 0.231. The maximum absolute atomic E-state index is 13.6. The summed E-state index contributed by atoms with van der Waals surface area (Å²) in [6.45, 7) is 1.02. The number of hydrogen-bond acceptors (Lipinski definition) is 3. The number of ether oxygens (including phenoxy) is 1. The number of hydrogen-bond donors (Lipinski definition) is 1. The van der Waals surface area contributed by atoms with Gasteiger partial charge >= 0.3 is 0 Å². The summed E-state index contributed by atoms with van der Waals surface area (Å²) in [5, 5.41) is 3.11. The van der Waals surface area contributed by atoms with Gasteiger partial charge in [-0.05, 0) is 46.9 Å². The molecule has 2 amide bonds. The maximum Gasteiger partial charge on any atom is 0.254 e. The van der Waals surface area contributed by atoms with Crippen LogP contribution in [0.25, 0.3) is 0 Å². The quantitative estimate of drug-likeness (QED) is 0.708. The highest BCUT2D eigenvalue weighted by molar-refractivity contribution is 6.01. The molecule has 2 aliphatic rings. The largest absolute Gasteiger partial charge is 0.497 e. The third kappa shape index (κ3) is 3.36. The van der Waals surface area contributed by atoms with Crippen molar-refractivity contribution in [1.82, 2.24) is 10.2 Å². The van der Waals surface area contributed by atoms with Crippen LogP contribution >= 0.6 is 0 Å². The van der Waals surface area contributed by atoms with Crippen molar-refractivity contribution >= 4 is 11.8 Å². The molecular formula is C26H24N2O3. The smallest absolute Gasteiger partial charge is 0.254 e. The number of amides is 2. The fourth-order valence-electron chi connectivity index (χ4n) is 4.84. The van der Waals surface area contributed by atoms with E-state index in [2.05, 4.69) is 17.4 Å². The summed E-state index contributed by atoms with van der Waals surface area (Å²) in [5.74, 6) is 0.232. The molecule has 0 fully saturated rings. The van der Waals surface area contributed by atoms with E-state index in [1.807, 2.05) is 65.6 Å². The van der Waals surface area contributed by atoms with Gasteiger partial charge in [0.05, 0.1) is 19.1 Å². The standard InChI is InChI=1S/C26H24N2O3/c1-31-19-9-6-7-17(15-19)16-27-25(29)23-21-11-4-5-12-22(21)26(30)28-14-13-18-8-2-3-10-20(18)24(23)28/h2-12,15,23-24H,13-14,16H2,1H3,(H,27,29). The minimum absolute atomic E-state index is 0.00643. The highest BCUT2D eigenvalue weighted by Crippen LogP contribution is 2.45. The molecule has 5 nitrogen and oxygen atoms in total. The van der Waals surface area contributed by atoms with E-state index in [1.165, 1.54) is 5.56 Å². The Labute approximate surface area is 181 Å². The molecule has 2 unspecified atom stereocenters. The van der Waals surface area contributed by atoms with Crippen LogP contribution in [0.3, 0.4) is 0 Å².